The maximum absolute atomic E-state index is 10.1. The van der Waals surface area contributed by atoms with Crippen LogP contribution in [0.3, 0.4) is 0 Å². The fraction of sp³-hybridized carbons (Fsp3) is 0.364. The molecule has 2 aromatic rings. The van der Waals surface area contributed by atoms with Gasteiger partial charge in [-0.1, -0.05) is 47.5 Å². The Morgan fingerprint density at radius 2 is 0.964 bits per heavy atom. The monoisotopic (exact) mass is 414 g/mol. The smallest absolute Gasteiger partial charge is 0.134 e. The molecule has 0 fully saturated rings. The fourth-order valence-corrected chi connectivity index (χ4v) is 3.76. The number of nitrogens with zero attached hydrogens (tertiary/aromatic N) is 4. The van der Waals surface area contributed by atoms with Crippen LogP contribution in [0.15, 0.2) is 48.5 Å². The first-order valence-electron chi connectivity index (χ1n) is 8.91. The van der Waals surface area contributed by atoms with Crippen LogP contribution in [0.1, 0.15) is 24.0 Å². The summed E-state index contributed by atoms with van der Waals surface area (Å²) in [5.41, 5.74) is -0.0539. The Hall–Kier alpha value is -2.08. The molecule has 0 bridgehead atoms. The van der Waals surface area contributed by atoms with Crippen molar-refractivity contribution in [3.8, 4) is 12.1 Å². The average Bonchev–Trinajstić information content (AvgIpc) is 2.67. The van der Waals surface area contributed by atoms with E-state index in [4.69, 9.17) is 23.2 Å². The van der Waals surface area contributed by atoms with Crippen LogP contribution in [0.25, 0.3) is 0 Å². The largest absolute Gasteiger partial charge is 0.288 e. The quantitative estimate of drug-likeness (QED) is 0.636. The van der Waals surface area contributed by atoms with Crippen molar-refractivity contribution in [1.82, 2.24) is 9.80 Å². The Balaban J connectivity index is 2.48. The van der Waals surface area contributed by atoms with E-state index in [1.54, 1.807) is 24.3 Å². The molecule has 2 unspecified atom stereocenters. The van der Waals surface area contributed by atoms with E-state index in [0.717, 1.165) is 11.1 Å². The summed E-state index contributed by atoms with van der Waals surface area (Å²) in [5.74, 6) is 0. The van der Waals surface area contributed by atoms with Crippen LogP contribution in [0.4, 0.5) is 0 Å². The normalized spacial score (nSPS) is 15.5. The van der Waals surface area contributed by atoms with E-state index in [0.29, 0.717) is 22.9 Å². The third-order valence-electron chi connectivity index (χ3n) is 5.39. The Kier molecular flexibility index (Phi) is 7.10. The number of halogens is 2. The first-order chi connectivity index (χ1) is 13.2. The zero-order valence-corrected chi connectivity index (χ0v) is 18.1. The van der Waals surface area contributed by atoms with E-state index in [1.807, 2.05) is 62.3 Å². The second-order valence-corrected chi connectivity index (χ2v) is 8.12. The second-order valence-electron chi connectivity index (χ2n) is 7.25. The van der Waals surface area contributed by atoms with Crippen LogP contribution in [0, 0.1) is 22.7 Å². The lowest BCUT2D eigenvalue weighted by atomic mass is 9.78. The van der Waals surface area contributed by atoms with E-state index >= 15 is 0 Å². The van der Waals surface area contributed by atoms with Gasteiger partial charge in [0.1, 0.15) is 11.1 Å². The third kappa shape index (κ3) is 4.17. The van der Waals surface area contributed by atoms with Crippen molar-refractivity contribution in [3.63, 3.8) is 0 Å². The molecule has 0 aliphatic carbocycles. The van der Waals surface area contributed by atoms with Gasteiger partial charge in [-0.2, -0.15) is 10.5 Å². The van der Waals surface area contributed by atoms with Crippen LogP contribution < -0.4 is 0 Å². The molecule has 2 aromatic carbocycles. The summed E-state index contributed by atoms with van der Waals surface area (Å²) in [6, 6.07) is 19.6. The van der Waals surface area contributed by atoms with Crippen molar-refractivity contribution in [3.05, 3.63) is 69.7 Å². The molecule has 0 radical (unpaired) electrons. The molecule has 28 heavy (non-hydrogen) atoms. The average molecular weight is 415 g/mol. The topological polar surface area (TPSA) is 54.1 Å². The molecular formula is C22H24Cl2N4. The lowest BCUT2D eigenvalue weighted by Crippen LogP contribution is -2.45. The van der Waals surface area contributed by atoms with E-state index < -0.39 is 11.1 Å². The first-order valence-corrected chi connectivity index (χ1v) is 9.67. The van der Waals surface area contributed by atoms with E-state index in [1.165, 1.54) is 0 Å². The molecule has 2 atom stereocenters. The van der Waals surface area contributed by atoms with Gasteiger partial charge in [-0.15, -0.1) is 0 Å². The summed E-state index contributed by atoms with van der Waals surface area (Å²) < 4.78 is 0. The van der Waals surface area contributed by atoms with Crippen molar-refractivity contribution in [1.29, 1.82) is 10.5 Å². The number of benzene rings is 2. The second kappa shape index (κ2) is 8.95. The number of hydrogen-bond acceptors (Lipinski definition) is 4. The fourth-order valence-electron chi connectivity index (χ4n) is 3.51. The van der Waals surface area contributed by atoms with E-state index in [9.17, 15) is 10.5 Å². The highest BCUT2D eigenvalue weighted by molar-refractivity contribution is 6.30. The van der Waals surface area contributed by atoms with Gasteiger partial charge >= 0.3 is 0 Å². The predicted molar refractivity (Wildman–Crippen MR) is 114 cm³/mol. The van der Waals surface area contributed by atoms with Crippen molar-refractivity contribution in [2.45, 2.75) is 23.9 Å². The molecule has 0 aliphatic rings. The van der Waals surface area contributed by atoms with Gasteiger partial charge in [0.05, 0.1) is 12.1 Å². The lowest BCUT2D eigenvalue weighted by molar-refractivity contribution is 0.143. The van der Waals surface area contributed by atoms with Crippen molar-refractivity contribution < 1.29 is 0 Å². The molecule has 0 heterocycles. The summed E-state index contributed by atoms with van der Waals surface area (Å²) in [6.07, 6.45) is 0.930. The minimum atomic E-state index is -0.880. The Morgan fingerprint density at radius 3 is 1.18 bits per heavy atom. The van der Waals surface area contributed by atoms with Gasteiger partial charge in [-0.3, -0.25) is 9.80 Å². The van der Waals surface area contributed by atoms with Crippen molar-refractivity contribution in [2.24, 2.45) is 0 Å². The Labute approximate surface area is 177 Å². The zero-order valence-electron chi connectivity index (χ0n) is 16.6. The standard InChI is InChI=1S/C22H24Cl2N4/c1-27(2)21(15-25,17-5-9-19(23)10-6-17)13-14-22(16-26,28(3)4)18-7-11-20(24)12-8-18/h5-12H,13-14H2,1-4H3. The molecular weight excluding hydrogens is 391 g/mol. The maximum Gasteiger partial charge on any atom is 0.134 e. The van der Waals surface area contributed by atoms with Gasteiger partial charge in [0, 0.05) is 10.0 Å². The maximum atomic E-state index is 10.1. The van der Waals surface area contributed by atoms with Gasteiger partial charge in [0.15, 0.2) is 0 Å². The molecule has 0 amide bonds. The summed E-state index contributed by atoms with van der Waals surface area (Å²) >= 11 is 12.1. The molecule has 0 spiro atoms. The molecule has 0 saturated heterocycles. The highest BCUT2D eigenvalue weighted by Crippen LogP contribution is 2.39. The highest BCUT2D eigenvalue weighted by atomic mass is 35.5. The Bertz CT molecular complexity index is 803. The minimum Gasteiger partial charge on any atom is -0.288 e. The molecule has 0 N–H and O–H groups in total. The molecule has 0 aliphatic heterocycles. The van der Waals surface area contributed by atoms with Crippen LogP contribution in [-0.4, -0.2) is 38.0 Å². The highest BCUT2D eigenvalue weighted by Gasteiger charge is 2.41. The summed E-state index contributed by atoms with van der Waals surface area (Å²) in [7, 11) is 7.52. The van der Waals surface area contributed by atoms with Crippen LogP contribution >= 0.6 is 23.2 Å². The summed E-state index contributed by atoms with van der Waals surface area (Å²) in [6.45, 7) is 0. The molecule has 2 rings (SSSR count). The third-order valence-corrected chi connectivity index (χ3v) is 5.89. The summed E-state index contributed by atoms with van der Waals surface area (Å²) in [5, 5.41) is 21.5. The van der Waals surface area contributed by atoms with Gasteiger partial charge < -0.3 is 0 Å². The molecule has 0 saturated carbocycles. The van der Waals surface area contributed by atoms with Crippen LogP contribution in [-0.2, 0) is 11.1 Å². The zero-order chi connectivity index (χ0) is 20.9. The Morgan fingerprint density at radius 1 is 0.679 bits per heavy atom. The van der Waals surface area contributed by atoms with Crippen LogP contribution in [0.5, 0.6) is 0 Å². The van der Waals surface area contributed by atoms with E-state index in [2.05, 4.69) is 12.1 Å². The molecule has 0 aromatic heterocycles. The van der Waals surface area contributed by atoms with Gasteiger partial charge in [0.2, 0.25) is 0 Å². The van der Waals surface area contributed by atoms with Gasteiger partial charge in [0.25, 0.3) is 0 Å². The number of rotatable bonds is 7. The number of hydrogen-bond donors (Lipinski definition) is 0. The number of nitriles is 2. The minimum absolute atomic E-state index is 0.465. The van der Waals surface area contributed by atoms with E-state index in [-0.39, 0.29) is 0 Å². The SMILES string of the molecule is CN(C)C(C#N)(CCC(C#N)(c1ccc(Cl)cc1)N(C)C)c1ccc(Cl)cc1. The van der Waals surface area contributed by atoms with Crippen molar-refractivity contribution >= 4 is 23.2 Å². The lowest BCUT2D eigenvalue weighted by Gasteiger charge is -2.39. The summed E-state index contributed by atoms with van der Waals surface area (Å²) in [4.78, 5) is 3.80. The first kappa shape index (κ1) is 22.2. The molecule has 6 heteroatoms. The molecule has 4 nitrogen and oxygen atoms in total. The van der Waals surface area contributed by atoms with Gasteiger partial charge in [-0.25, -0.2) is 0 Å². The van der Waals surface area contributed by atoms with Crippen molar-refractivity contribution in [2.75, 3.05) is 28.2 Å². The molecule has 146 valence electrons. The van der Waals surface area contributed by atoms with Crippen LogP contribution in [0.2, 0.25) is 10.0 Å². The van der Waals surface area contributed by atoms with Gasteiger partial charge in [-0.05, 0) is 76.4 Å². The predicted octanol–water partition coefficient (Wildman–Crippen LogP) is 5.03.